The zero-order chi connectivity index (χ0) is 14.5. The van der Waals surface area contributed by atoms with E-state index >= 15 is 0 Å². The van der Waals surface area contributed by atoms with Crippen molar-refractivity contribution in [1.29, 1.82) is 5.26 Å². The van der Waals surface area contributed by atoms with Gasteiger partial charge in [0, 0.05) is 11.3 Å². The SMILES string of the molecule is N#Cc1ccc(N2CC[NH+](Cc3ccccc3)CC2)cc1. The first kappa shape index (κ1) is 13.7. The van der Waals surface area contributed by atoms with Crippen molar-refractivity contribution in [1.82, 2.24) is 0 Å². The van der Waals surface area contributed by atoms with Crippen LogP contribution in [0, 0.1) is 11.3 Å². The van der Waals surface area contributed by atoms with E-state index in [4.69, 9.17) is 5.26 Å². The summed E-state index contributed by atoms with van der Waals surface area (Å²) in [4.78, 5) is 4.06. The number of nitriles is 1. The standard InChI is InChI=1S/C18H19N3/c19-14-16-6-8-18(9-7-16)21-12-10-20(11-13-21)15-17-4-2-1-3-5-17/h1-9H,10-13,15H2/p+1. The fourth-order valence-corrected chi connectivity index (χ4v) is 2.89. The number of piperazine rings is 1. The van der Waals surface area contributed by atoms with E-state index in [0.717, 1.165) is 38.3 Å². The highest BCUT2D eigenvalue weighted by Crippen LogP contribution is 2.14. The second-order valence-electron chi connectivity index (χ2n) is 5.56. The molecule has 106 valence electrons. The molecule has 0 atom stereocenters. The molecule has 1 aliphatic rings. The van der Waals surface area contributed by atoms with Crippen LogP contribution in [0.5, 0.6) is 0 Å². The lowest BCUT2D eigenvalue weighted by atomic mass is 10.1. The first-order valence-corrected chi connectivity index (χ1v) is 7.48. The maximum Gasteiger partial charge on any atom is 0.103 e. The van der Waals surface area contributed by atoms with Gasteiger partial charge in [0.05, 0.1) is 37.8 Å². The number of benzene rings is 2. The van der Waals surface area contributed by atoms with Crippen LogP contribution in [0.25, 0.3) is 0 Å². The van der Waals surface area contributed by atoms with Crippen molar-refractivity contribution in [2.75, 3.05) is 31.1 Å². The Bertz CT molecular complexity index is 605. The smallest absolute Gasteiger partial charge is 0.103 e. The van der Waals surface area contributed by atoms with E-state index in [2.05, 4.69) is 53.4 Å². The Morgan fingerprint density at radius 1 is 0.952 bits per heavy atom. The number of anilines is 1. The molecule has 2 aromatic rings. The maximum absolute atomic E-state index is 8.85. The van der Waals surface area contributed by atoms with Gasteiger partial charge in [-0.1, -0.05) is 30.3 Å². The van der Waals surface area contributed by atoms with Gasteiger partial charge in [0.15, 0.2) is 0 Å². The second-order valence-corrected chi connectivity index (χ2v) is 5.56. The highest BCUT2D eigenvalue weighted by Gasteiger charge is 2.20. The Morgan fingerprint density at radius 3 is 2.24 bits per heavy atom. The molecule has 1 aliphatic heterocycles. The van der Waals surface area contributed by atoms with Gasteiger partial charge in [-0.25, -0.2) is 0 Å². The third-order valence-corrected chi connectivity index (χ3v) is 4.13. The zero-order valence-corrected chi connectivity index (χ0v) is 12.1. The molecule has 3 heteroatoms. The van der Waals surface area contributed by atoms with Crippen LogP contribution in [0.15, 0.2) is 54.6 Å². The quantitative estimate of drug-likeness (QED) is 0.922. The van der Waals surface area contributed by atoms with Gasteiger partial charge >= 0.3 is 0 Å². The molecule has 2 aromatic carbocycles. The monoisotopic (exact) mass is 278 g/mol. The van der Waals surface area contributed by atoms with Crippen molar-refractivity contribution >= 4 is 5.69 Å². The van der Waals surface area contributed by atoms with E-state index in [-0.39, 0.29) is 0 Å². The normalized spacial score (nSPS) is 15.7. The molecule has 1 N–H and O–H groups in total. The molecule has 21 heavy (non-hydrogen) atoms. The van der Waals surface area contributed by atoms with Crippen LogP contribution in [0.1, 0.15) is 11.1 Å². The number of quaternary nitrogens is 1. The number of nitrogens with one attached hydrogen (secondary N) is 1. The summed E-state index contributed by atoms with van der Waals surface area (Å²) in [6.45, 7) is 5.59. The topological polar surface area (TPSA) is 31.5 Å². The molecule has 1 heterocycles. The summed E-state index contributed by atoms with van der Waals surface area (Å²) in [6.07, 6.45) is 0. The van der Waals surface area contributed by atoms with Crippen molar-refractivity contribution in [2.45, 2.75) is 6.54 Å². The van der Waals surface area contributed by atoms with Gasteiger partial charge < -0.3 is 9.80 Å². The lowest BCUT2D eigenvalue weighted by Gasteiger charge is -2.33. The molecule has 3 nitrogen and oxygen atoms in total. The number of nitrogens with zero attached hydrogens (tertiary/aromatic N) is 2. The molecule has 0 amide bonds. The van der Waals surface area contributed by atoms with E-state index in [9.17, 15) is 0 Å². The number of hydrogen-bond donors (Lipinski definition) is 1. The molecule has 0 spiro atoms. The van der Waals surface area contributed by atoms with Gasteiger partial charge in [0.2, 0.25) is 0 Å². The average Bonchev–Trinajstić information content (AvgIpc) is 2.57. The summed E-state index contributed by atoms with van der Waals surface area (Å²) in [7, 11) is 0. The van der Waals surface area contributed by atoms with Gasteiger partial charge in [-0.3, -0.25) is 0 Å². The van der Waals surface area contributed by atoms with Crippen molar-refractivity contribution in [2.24, 2.45) is 0 Å². The Labute approximate surface area is 126 Å². The predicted octanol–water partition coefficient (Wildman–Crippen LogP) is 1.46. The lowest BCUT2D eigenvalue weighted by Crippen LogP contribution is -3.13. The summed E-state index contributed by atoms with van der Waals surface area (Å²) in [5, 5.41) is 8.85. The Morgan fingerprint density at radius 2 is 1.62 bits per heavy atom. The molecule has 0 saturated carbocycles. The van der Waals surface area contributed by atoms with Crippen LogP contribution in [0.4, 0.5) is 5.69 Å². The molecule has 1 saturated heterocycles. The van der Waals surface area contributed by atoms with Crippen LogP contribution < -0.4 is 9.80 Å². The third kappa shape index (κ3) is 3.42. The van der Waals surface area contributed by atoms with E-state index in [0.29, 0.717) is 0 Å². The first-order chi connectivity index (χ1) is 10.3. The van der Waals surface area contributed by atoms with Crippen LogP contribution in [-0.2, 0) is 6.54 Å². The van der Waals surface area contributed by atoms with Crippen molar-refractivity contribution < 1.29 is 4.90 Å². The van der Waals surface area contributed by atoms with Gasteiger partial charge in [-0.05, 0) is 24.3 Å². The summed E-state index contributed by atoms with van der Waals surface area (Å²) < 4.78 is 0. The highest BCUT2D eigenvalue weighted by molar-refractivity contribution is 5.49. The first-order valence-electron chi connectivity index (χ1n) is 7.48. The van der Waals surface area contributed by atoms with Gasteiger partial charge in [0.25, 0.3) is 0 Å². The summed E-state index contributed by atoms with van der Waals surface area (Å²) in [5.41, 5.74) is 3.37. The minimum absolute atomic E-state index is 0.729. The second kappa shape index (κ2) is 6.43. The Kier molecular flexibility index (Phi) is 4.18. The summed E-state index contributed by atoms with van der Waals surface area (Å²) >= 11 is 0. The van der Waals surface area contributed by atoms with Crippen molar-refractivity contribution in [3.8, 4) is 6.07 Å². The predicted molar refractivity (Wildman–Crippen MR) is 84.2 cm³/mol. The Balaban J connectivity index is 1.56. The molecule has 1 fully saturated rings. The summed E-state index contributed by atoms with van der Waals surface area (Å²) in [6, 6.07) is 20.8. The number of hydrogen-bond acceptors (Lipinski definition) is 2. The van der Waals surface area contributed by atoms with Gasteiger partial charge in [0.1, 0.15) is 6.54 Å². The molecule has 0 aromatic heterocycles. The Hall–Kier alpha value is -2.31. The van der Waals surface area contributed by atoms with Crippen LogP contribution >= 0.6 is 0 Å². The summed E-state index contributed by atoms with van der Waals surface area (Å²) in [5.74, 6) is 0. The minimum Gasteiger partial charge on any atom is -0.360 e. The minimum atomic E-state index is 0.729. The van der Waals surface area contributed by atoms with Crippen LogP contribution in [-0.4, -0.2) is 26.2 Å². The maximum atomic E-state index is 8.85. The molecule has 0 radical (unpaired) electrons. The molecular formula is C18H20N3+. The third-order valence-electron chi connectivity index (χ3n) is 4.13. The fourth-order valence-electron chi connectivity index (χ4n) is 2.89. The van der Waals surface area contributed by atoms with E-state index in [1.807, 2.05) is 12.1 Å². The molecule has 0 aliphatic carbocycles. The van der Waals surface area contributed by atoms with Gasteiger partial charge in [-0.2, -0.15) is 5.26 Å². The van der Waals surface area contributed by atoms with Crippen LogP contribution in [0.2, 0.25) is 0 Å². The molecular weight excluding hydrogens is 258 g/mol. The lowest BCUT2D eigenvalue weighted by molar-refractivity contribution is -0.914. The van der Waals surface area contributed by atoms with Crippen LogP contribution in [0.3, 0.4) is 0 Å². The largest absolute Gasteiger partial charge is 0.360 e. The number of rotatable bonds is 3. The van der Waals surface area contributed by atoms with E-state index < -0.39 is 0 Å². The molecule has 0 bridgehead atoms. The fraction of sp³-hybridized carbons (Fsp3) is 0.278. The van der Waals surface area contributed by atoms with Crippen molar-refractivity contribution in [3.05, 3.63) is 65.7 Å². The van der Waals surface area contributed by atoms with E-state index in [1.165, 1.54) is 11.3 Å². The zero-order valence-electron chi connectivity index (χ0n) is 12.1. The van der Waals surface area contributed by atoms with Crippen molar-refractivity contribution in [3.63, 3.8) is 0 Å². The molecule has 3 rings (SSSR count). The average molecular weight is 278 g/mol. The van der Waals surface area contributed by atoms with Gasteiger partial charge in [-0.15, -0.1) is 0 Å². The molecule has 0 unspecified atom stereocenters. The highest BCUT2D eigenvalue weighted by atomic mass is 15.3. The van der Waals surface area contributed by atoms with E-state index in [1.54, 1.807) is 4.90 Å².